The van der Waals surface area contributed by atoms with Crippen LogP contribution in [0.15, 0.2) is 57.7 Å². The Morgan fingerprint density at radius 1 is 1.03 bits per heavy atom. The van der Waals surface area contributed by atoms with Gasteiger partial charge in [-0.05, 0) is 62.2 Å². The van der Waals surface area contributed by atoms with Crippen LogP contribution in [0.4, 0.5) is 0 Å². The molecule has 4 aromatic rings. The molecule has 6 nitrogen and oxygen atoms in total. The minimum Gasteiger partial charge on any atom is -0.471 e. The summed E-state index contributed by atoms with van der Waals surface area (Å²) in [6.45, 7) is 4.01. The number of benzene rings is 2. The molecule has 5 rings (SSSR count). The Balaban J connectivity index is 1.71. The Bertz CT molecular complexity index is 1430. The summed E-state index contributed by atoms with van der Waals surface area (Å²) in [6.07, 6.45) is 1.13. The Morgan fingerprint density at radius 2 is 1.76 bits per heavy atom. The number of rotatable bonds is 4. The van der Waals surface area contributed by atoms with Crippen LogP contribution in [0, 0.1) is 0 Å². The van der Waals surface area contributed by atoms with Gasteiger partial charge in [-0.25, -0.2) is 14.9 Å². The minimum atomic E-state index is -0.575. The van der Waals surface area contributed by atoms with Crippen molar-refractivity contribution in [1.82, 2.24) is 15.2 Å². The molecular weight excluding hydrogens is 497 g/mol. The van der Waals surface area contributed by atoms with Gasteiger partial charge in [-0.2, -0.15) is 0 Å². The zero-order valence-electron chi connectivity index (χ0n) is 18.4. The predicted molar refractivity (Wildman–Crippen MR) is 133 cm³/mol. The second kappa shape index (κ2) is 8.77. The number of hydrogen-bond donors (Lipinski definition) is 1. The molecule has 34 heavy (non-hydrogen) atoms. The molecule has 1 aliphatic heterocycles. The van der Waals surface area contributed by atoms with Gasteiger partial charge in [0.15, 0.2) is 0 Å². The monoisotopic (exact) mass is 515 g/mol. The second-order valence-electron chi connectivity index (χ2n) is 8.88. The van der Waals surface area contributed by atoms with Crippen molar-refractivity contribution in [3.05, 3.63) is 85.6 Å². The zero-order chi connectivity index (χ0) is 24.0. The Labute approximate surface area is 210 Å². The first-order valence-electron chi connectivity index (χ1n) is 10.7. The molecular formula is C25H20Cl3N3O3. The number of aromatic amines is 1. The number of aromatic nitrogens is 3. The van der Waals surface area contributed by atoms with E-state index in [-0.39, 0.29) is 5.92 Å². The SMILES string of the molecule is CC1(C)CC(Cc2n[nH]c(=O)o2)c2cc(-c3ccc(Cl)cc3)c(-c3ccc(Cl)cc3Cl)nc2O1. The number of nitrogens with one attached hydrogen (secondary N) is 1. The van der Waals surface area contributed by atoms with Crippen molar-refractivity contribution in [3.63, 3.8) is 0 Å². The lowest BCUT2D eigenvalue weighted by atomic mass is 9.82. The van der Waals surface area contributed by atoms with Gasteiger partial charge in [0, 0.05) is 39.1 Å². The quantitative estimate of drug-likeness (QED) is 0.318. The number of hydrogen-bond acceptors (Lipinski definition) is 5. The van der Waals surface area contributed by atoms with E-state index in [1.807, 2.05) is 44.2 Å². The molecule has 1 aliphatic rings. The lowest BCUT2D eigenvalue weighted by Crippen LogP contribution is -2.36. The molecule has 2 aromatic carbocycles. The maximum atomic E-state index is 11.5. The highest BCUT2D eigenvalue weighted by Gasteiger charge is 2.37. The van der Waals surface area contributed by atoms with E-state index in [0.717, 1.165) is 22.3 Å². The highest BCUT2D eigenvalue weighted by Crippen LogP contribution is 2.46. The first-order valence-corrected chi connectivity index (χ1v) is 11.8. The molecule has 0 spiro atoms. The van der Waals surface area contributed by atoms with Gasteiger partial charge >= 0.3 is 5.76 Å². The fourth-order valence-corrected chi connectivity index (χ4v) is 4.99. The van der Waals surface area contributed by atoms with Gasteiger partial charge in [0.2, 0.25) is 11.8 Å². The third-order valence-electron chi connectivity index (χ3n) is 5.81. The summed E-state index contributed by atoms with van der Waals surface area (Å²) in [4.78, 5) is 16.4. The average Bonchev–Trinajstić information content (AvgIpc) is 3.17. The third kappa shape index (κ3) is 4.58. The second-order valence-corrected chi connectivity index (χ2v) is 10.2. The molecule has 3 heterocycles. The van der Waals surface area contributed by atoms with Crippen molar-refractivity contribution in [2.45, 2.75) is 38.2 Å². The van der Waals surface area contributed by atoms with Gasteiger partial charge in [0.05, 0.1) is 10.7 Å². The lowest BCUT2D eigenvalue weighted by molar-refractivity contribution is 0.0650. The summed E-state index contributed by atoms with van der Waals surface area (Å²) in [5, 5.41) is 7.99. The minimum absolute atomic E-state index is 0.0292. The van der Waals surface area contributed by atoms with E-state index >= 15 is 0 Å². The van der Waals surface area contributed by atoms with E-state index in [2.05, 4.69) is 16.3 Å². The normalized spacial score (nSPS) is 16.7. The molecule has 1 unspecified atom stereocenters. The lowest BCUT2D eigenvalue weighted by Gasteiger charge is -2.37. The van der Waals surface area contributed by atoms with Crippen LogP contribution in [-0.2, 0) is 6.42 Å². The summed E-state index contributed by atoms with van der Waals surface area (Å²) in [5.41, 5.74) is 3.63. The maximum absolute atomic E-state index is 11.5. The van der Waals surface area contributed by atoms with Gasteiger partial charge in [0.1, 0.15) is 5.60 Å². The first kappa shape index (κ1) is 23.0. The molecule has 0 saturated carbocycles. The van der Waals surface area contributed by atoms with Crippen LogP contribution >= 0.6 is 34.8 Å². The summed E-state index contributed by atoms with van der Waals surface area (Å²) in [6, 6.07) is 14.9. The van der Waals surface area contributed by atoms with Crippen molar-refractivity contribution in [2.75, 3.05) is 0 Å². The number of ether oxygens (including phenoxy) is 1. The van der Waals surface area contributed by atoms with Crippen LogP contribution in [-0.4, -0.2) is 20.8 Å². The Hall–Kier alpha value is -2.80. The van der Waals surface area contributed by atoms with Crippen LogP contribution in [0.3, 0.4) is 0 Å². The topological polar surface area (TPSA) is 81.0 Å². The van der Waals surface area contributed by atoms with E-state index in [1.54, 1.807) is 12.1 Å². The molecule has 9 heteroatoms. The average molecular weight is 517 g/mol. The van der Waals surface area contributed by atoms with Crippen molar-refractivity contribution in [1.29, 1.82) is 0 Å². The molecule has 0 radical (unpaired) electrons. The van der Waals surface area contributed by atoms with E-state index in [4.69, 9.17) is 48.9 Å². The van der Waals surface area contributed by atoms with Gasteiger partial charge in [-0.1, -0.05) is 46.9 Å². The van der Waals surface area contributed by atoms with Crippen LogP contribution < -0.4 is 10.5 Å². The van der Waals surface area contributed by atoms with E-state index in [0.29, 0.717) is 45.4 Å². The molecule has 174 valence electrons. The van der Waals surface area contributed by atoms with E-state index < -0.39 is 11.4 Å². The first-order chi connectivity index (χ1) is 16.2. The molecule has 0 bridgehead atoms. The molecule has 1 N–H and O–H groups in total. The number of halogens is 3. The molecule has 0 amide bonds. The van der Waals surface area contributed by atoms with E-state index in [1.165, 1.54) is 0 Å². The maximum Gasteiger partial charge on any atom is 0.434 e. The largest absolute Gasteiger partial charge is 0.471 e. The van der Waals surface area contributed by atoms with Crippen LogP contribution in [0.2, 0.25) is 15.1 Å². The van der Waals surface area contributed by atoms with Gasteiger partial charge < -0.3 is 9.15 Å². The summed E-state index contributed by atoms with van der Waals surface area (Å²) in [5.74, 6) is 0.252. The number of pyridine rings is 1. The Morgan fingerprint density at radius 3 is 2.44 bits per heavy atom. The van der Waals surface area contributed by atoms with Gasteiger partial charge in [-0.15, -0.1) is 5.10 Å². The molecule has 1 atom stereocenters. The summed E-state index contributed by atoms with van der Waals surface area (Å²) >= 11 is 18.9. The van der Waals surface area contributed by atoms with Gasteiger partial charge in [-0.3, -0.25) is 0 Å². The van der Waals surface area contributed by atoms with E-state index in [9.17, 15) is 4.79 Å². The highest BCUT2D eigenvalue weighted by molar-refractivity contribution is 6.36. The number of H-pyrrole nitrogens is 1. The summed E-state index contributed by atoms with van der Waals surface area (Å²) < 4.78 is 11.5. The van der Waals surface area contributed by atoms with Crippen molar-refractivity contribution >= 4 is 34.8 Å². The molecule has 0 fully saturated rings. The van der Waals surface area contributed by atoms with Crippen LogP contribution in [0.5, 0.6) is 5.88 Å². The van der Waals surface area contributed by atoms with Crippen molar-refractivity contribution in [2.24, 2.45) is 0 Å². The number of nitrogens with zero attached hydrogens (tertiary/aromatic N) is 2. The molecule has 2 aromatic heterocycles. The smallest absolute Gasteiger partial charge is 0.434 e. The van der Waals surface area contributed by atoms with Gasteiger partial charge in [0.25, 0.3) is 0 Å². The highest BCUT2D eigenvalue weighted by atomic mass is 35.5. The van der Waals surface area contributed by atoms with Crippen LogP contribution in [0.25, 0.3) is 22.4 Å². The van der Waals surface area contributed by atoms with Crippen molar-refractivity contribution < 1.29 is 9.15 Å². The fraction of sp³-hybridized carbons (Fsp3) is 0.240. The molecule has 0 saturated heterocycles. The standard InChI is InChI=1S/C25H20Cl3N3O3/c1-25(2)12-14(9-21-30-31-24(32)33-21)19-11-18(13-3-5-15(26)6-4-13)22(29-23(19)34-25)17-8-7-16(27)10-20(17)28/h3-8,10-11,14H,9,12H2,1-2H3,(H,31,32). The van der Waals surface area contributed by atoms with Crippen molar-refractivity contribution in [3.8, 4) is 28.3 Å². The summed E-state index contributed by atoms with van der Waals surface area (Å²) in [7, 11) is 0. The predicted octanol–water partition coefficient (Wildman–Crippen LogP) is 6.94. The molecule has 0 aliphatic carbocycles. The number of fused-ring (bicyclic) bond motifs is 1. The Kier molecular flexibility index (Phi) is 5.92. The fourth-order valence-electron chi connectivity index (χ4n) is 4.37. The zero-order valence-corrected chi connectivity index (χ0v) is 20.6. The third-order valence-corrected chi connectivity index (χ3v) is 6.61. The van der Waals surface area contributed by atoms with Crippen LogP contribution in [0.1, 0.15) is 37.6 Å².